The van der Waals surface area contributed by atoms with Crippen LogP contribution in [0.1, 0.15) is 21.5 Å². The summed E-state index contributed by atoms with van der Waals surface area (Å²) in [5.74, 6) is 0.00194. The van der Waals surface area contributed by atoms with Crippen molar-refractivity contribution < 1.29 is 19.1 Å². The van der Waals surface area contributed by atoms with E-state index in [0.717, 1.165) is 11.1 Å². The minimum Gasteiger partial charge on any atom is -0.496 e. The molecule has 148 valence electrons. The lowest BCUT2D eigenvalue weighted by atomic mass is 10.1. The first-order valence-corrected chi connectivity index (χ1v) is 9.03. The van der Waals surface area contributed by atoms with Crippen LogP contribution >= 0.6 is 23.8 Å². The summed E-state index contributed by atoms with van der Waals surface area (Å²) in [5.41, 5.74) is 6.83. The van der Waals surface area contributed by atoms with E-state index in [1.54, 1.807) is 36.4 Å². The fraction of sp³-hybridized carbons (Fsp3) is 0.211. The Balaban J connectivity index is 1.81. The molecule has 7 nitrogen and oxygen atoms in total. The van der Waals surface area contributed by atoms with Gasteiger partial charge in [0, 0.05) is 5.02 Å². The van der Waals surface area contributed by atoms with Crippen molar-refractivity contribution >= 4 is 40.7 Å². The number of para-hydroxylation sites is 1. The van der Waals surface area contributed by atoms with Gasteiger partial charge < -0.3 is 9.47 Å². The summed E-state index contributed by atoms with van der Waals surface area (Å²) in [6.45, 7) is 3.47. The molecule has 0 aliphatic rings. The van der Waals surface area contributed by atoms with Gasteiger partial charge in [-0.05, 0) is 61.5 Å². The smallest absolute Gasteiger partial charge is 0.276 e. The molecule has 0 aliphatic carbocycles. The van der Waals surface area contributed by atoms with Gasteiger partial charge in [0.2, 0.25) is 0 Å². The second-order valence-electron chi connectivity index (χ2n) is 5.82. The van der Waals surface area contributed by atoms with E-state index in [0.29, 0.717) is 22.1 Å². The number of amides is 2. The molecule has 2 rings (SSSR count). The summed E-state index contributed by atoms with van der Waals surface area (Å²) in [7, 11) is 1.46. The normalized spacial score (nSPS) is 10.0. The van der Waals surface area contributed by atoms with E-state index in [9.17, 15) is 9.59 Å². The van der Waals surface area contributed by atoms with Crippen molar-refractivity contribution in [1.82, 2.24) is 16.2 Å². The molecule has 3 N–H and O–H groups in total. The lowest BCUT2D eigenvalue weighted by Crippen LogP contribution is -2.49. The van der Waals surface area contributed by atoms with Crippen molar-refractivity contribution in [2.75, 3.05) is 13.7 Å². The fourth-order valence-corrected chi connectivity index (χ4v) is 2.59. The number of thiocarbonyl (C=S) groups is 1. The van der Waals surface area contributed by atoms with E-state index in [1.807, 2.05) is 13.8 Å². The Morgan fingerprint density at radius 3 is 2.39 bits per heavy atom. The van der Waals surface area contributed by atoms with Crippen LogP contribution in [0.4, 0.5) is 0 Å². The van der Waals surface area contributed by atoms with Gasteiger partial charge in [0.05, 0.1) is 12.7 Å². The van der Waals surface area contributed by atoms with Crippen molar-refractivity contribution in [3.05, 3.63) is 58.1 Å². The zero-order valence-corrected chi connectivity index (χ0v) is 17.2. The second kappa shape index (κ2) is 9.91. The van der Waals surface area contributed by atoms with Crippen LogP contribution in [0.25, 0.3) is 0 Å². The third-order valence-electron chi connectivity index (χ3n) is 3.67. The molecule has 2 aromatic rings. The molecule has 0 atom stereocenters. The Morgan fingerprint density at radius 1 is 1.11 bits per heavy atom. The molecule has 2 amide bonds. The predicted molar refractivity (Wildman–Crippen MR) is 111 cm³/mol. The van der Waals surface area contributed by atoms with Crippen molar-refractivity contribution in [1.29, 1.82) is 0 Å². The number of halogens is 1. The summed E-state index contributed by atoms with van der Waals surface area (Å²) in [6.07, 6.45) is 0. The first-order valence-electron chi connectivity index (χ1n) is 8.24. The van der Waals surface area contributed by atoms with Gasteiger partial charge in [-0.25, -0.2) is 0 Å². The van der Waals surface area contributed by atoms with Crippen LogP contribution in [0.5, 0.6) is 11.5 Å². The second-order valence-corrected chi connectivity index (χ2v) is 6.60. The average molecular weight is 422 g/mol. The molecule has 0 bridgehead atoms. The highest BCUT2D eigenvalue weighted by atomic mass is 35.5. The molecule has 0 heterocycles. The standard InChI is InChI=1S/C19H20ClN3O4S/c1-11-8-13(9-12(2)17(11)20)27-10-16(24)22-23-19(28)21-18(25)14-6-4-5-7-15(14)26-3/h4-9H,10H2,1-3H3,(H,22,24)(H2,21,23,25,28). The molecule has 0 saturated carbocycles. The van der Waals surface area contributed by atoms with E-state index in [1.165, 1.54) is 7.11 Å². The number of benzene rings is 2. The number of rotatable bonds is 5. The van der Waals surface area contributed by atoms with Gasteiger partial charge in [-0.15, -0.1) is 0 Å². The molecule has 0 radical (unpaired) electrons. The Labute approximate surface area is 173 Å². The molecular weight excluding hydrogens is 402 g/mol. The van der Waals surface area contributed by atoms with E-state index >= 15 is 0 Å². The summed E-state index contributed by atoms with van der Waals surface area (Å²) in [5, 5.41) is 3.05. The van der Waals surface area contributed by atoms with E-state index in [4.69, 9.17) is 33.3 Å². The minimum absolute atomic E-state index is 0.0672. The largest absolute Gasteiger partial charge is 0.496 e. The zero-order valence-electron chi connectivity index (χ0n) is 15.6. The highest BCUT2D eigenvalue weighted by Crippen LogP contribution is 2.25. The molecular formula is C19H20ClN3O4S. The third kappa shape index (κ3) is 5.83. The summed E-state index contributed by atoms with van der Waals surface area (Å²) < 4.78 is 10.6. The number of methoxy groups -OCH3 is 1. The molecule has 0 unspecified atom stereocenters. The maximum atomic E-state index is 12.2. The Hall–Kier alpha value is -2.84. The van der Waals surface area contributed by atoms with Gasteiger partial charge in [0.15, 0.2) is 11.7 Å². The maximum absolute atomic E-state index is 12.2. The van der Waals surface area contributed by atoms with Crippen LogP contribution in [-0.4, -0.2) is 30.6 Å². The zero-order chi connectivity index (χ0) is 20.7. The number of carbonyl (C=O) groups excluding carboxylic acids is 2. The van der Waals surface area contributed by atoms with Gasteiger partial charge in [0.1, 0.15) is 11.5 Å². The molecule has 0 saturated heterocycles. The van der Waals surface area contributed by atoms with Crippen molar-refractivity contribution in [2.24, 2.45) is 0 Å². The Kier molecular flexibility index (Phi) is 7.60. The molecule has 0 aromatic heterocycles. The number of ether oxygens (including phenoxy) is 2. The van der Waals surface area contributed by atoms with Crippen LogP contribution in [-0.2, 0) is 4.79 Å². The quantitative estimate of drug-likeness (QED) is 0.508. The predicted octanol–water partition coefficient (Wildman–Crippen LogP) is 2.68. The molecule has 9 heteroatoms. The lowest BCUT2D eigenvalue weighted by Gasteiger charge is -2.13. The summed E-state index contributed by atoms with van der Waals surface area (Å²) in [4.78, 5) is 24.1. The van der Waals surface area contributed by atoms with Gasteiger partial charge in [-0.3, -0.25) is 25.8 Å². The summed E-state index contributed by atoms with van der Waals surface area (Å²) in [6, 6.07) is 10.2. The van der Waals surface area contributed by atoms with Crippen LogP contribution in [0.2, 0.25) is 5.02 Å². The monoisotopic (exact) mass is 421 g/mol. The first kappa shape index (κ1) is 21.5. The number of nitrogens with one attached hydrogen (secondary N) is 3. The van der Waals surface area contributed by atoms with E-state index in [-0.39, 0.29) is 11.7 Å². The number of hydrogen-bond donors (Lipinski definition) is 3. The van der Waals surface area contributed by atoms with Crippen LogP contribution in [0.3, 0.4) is 0 Å². The van der Waals surface area contributed by atoms with E-state index in [2.05, 4.69) is 16.2 Å². The third-order valence-corrected chi connectivity index (χ3v) is 4.47. The first-order chi connectivity index (χ1) is 13.3. The number of carbonyl (C=O) groups is 2. The summed E-state index contributed by atoms with van der Waals surface area (Å²) >= 11 is 11.1. The Bertz CT molecular complexity index is 881. The van der Waals surface area contributed by atoms with Gasteiger partial charge in [-0.1, -0.05) is 23.7 Å². The SMILES string of the molecule is COc1ccccc1C(=O)NC(=S)NNC(=O)COc1cc(C)c(Cl)c(C)c1. The van der Waals surface area contributed by atoms with Gasteiger partial charge in [-0.2, -0.15) is 0 Å². The van der Waals surface area contributed by atoms with Crippen molar-refractivity contribution in [2.45, 2.75) is 13.8 Å². The maximum Gasteiger partial charge on any atom is 0.276 e. The minimum atomic E-state index is -0.473. The molecule has 2 aromatic carbocycles. The highest BCUT2D eigenvalue weighted by Gasteiger charge is 2.13. The topological polar surface area (TPSA) is 88.7 Å². The average Bonchev–Trinajstić information content (AvgIpc) is 2.68. The van der Waals surface area contributed by atoms with Crippen LogP contribution < -0.4 is 25.6 Å². The Morgan fingerprint density at radius 2 is 1.75 bits per heavy atom. The van der Waals surface area contributed by atoms with Gasteiger partial charge in [0.25, 0.3) is 11.8 Å². The molecule has 0 fully saturated rings. The van der Waals surface area contributed by atoms with E-state index < -0.39 is 11.8 Å². The molecule has 0 spiro atoms. The van der Waals surface area contributed by atoms with Crippen molar-refractivity contribution in [3.8, 4) is 11.5 Å². The lowest BCUT2D eigenvalue weighted by molar-refractivity contribution is -0.123. The highest BCUT2D eigenvalue weighted by molar-refractivity contribution is 7.80. The van der Waals surface area contributed by atoms with Crippen LogP contribution in [0, 0.1) is 13.8 Å². The number of hydrazine groups is 1. The van der Waals surface area contributed by atoms with Crippen LogP contribution in [0.15, 0.2) is 36.4 Å². The van der Waals surface area contributed by atoms with Crippen molar-refractivity contribution in [3.63, 3.8) is 0 Å². The molecule has 0 aliphatic heterocycles. The number of aryl methyl sites for hydroxylation is 2. The van der Waals surface area contributed by atoms with Gasteiger partial charge >= 0.3 is 0 Å². The fourth-order valence-electron chi connectivity index (χ4n) is 2.33. The molecule has 28 heavy (non-hydrogen) atoms. The number of hydrogen-bond acceptors (Lipinski definition) is 5.